The van der Waals surface area contributed by atoms with Gasteiger partial charge in [0.15, 0.2) is 11.5 Å². The highest BCUT2D eigenvalue weighted by molar-refractivity contribution is 5.88. The maximum atomic E-state index is 4.72. The monoisotopic (exact) mass is 346 g/mol. The minimum Gasteiger partial charge on any atom is -0.347 e. The molecule has 26 heavy (non-hydrogen) atoms. The number of aromatic nitrogens is 7. The van der Waals surface area contributed by atoms with Crippen molar-refractivity contribution in [2.75, 3.05) is 11.4 Å². The van der Waals surface area contributed by atoms with Crippen LogP contribution in [0.2, 0.25) is 0 Å². The number of hydrogen-bond donors (Lipinski definition) is 0. The molecule has 130 valence electrons. The van der Waals surface area contributed by atoms with E-state index in [-0.39, 0.29) is 0 Å². The van der Waals surface area contributed by atoms with Crippen LogP contribution in [-0.2, 0) is 13.1 Å². The molecule has 0 N–H and O–H groups in total. The zero-order valence-electron chi connectivity index (χ0n) is 14.7. The summed E-state index contributed by atoms with van der Waals surface area (Å²) in [6.07, 6.45) is 1.85. The third-order valence-electron chi connectivity index (χ3n) is 4.76. The third-order valence-corrected chi connectivity index (χ3v) is 4.76. The topological polar surface area (TPSA) is 77.5 Å². The number of rotatable bonds is 2. The van der Waals surface area contributed by atoms with Crippen molar-refractivity contribution < 1.29 is 0 Å². The van der Waals surface area contributed by atoms with E-state index < -0.39 is 0 Å². The average Bonchev–Trinajstić information content (AvgIpc) is 3.25. The third kappa shape index (κ3) is 2.26. The molecule has 1 aliphatic heterocycles. The zero-order chi connectivity index (χ0) is 17.7. The van der Waals surface area contributed by atoms with Crippen LogP contribution in [0.1, 0.15) is 17.5 Å². The summed E-state index contributed by atoms with van der Waals surface area (Å²) in [4.78, 5) is 11.6. The molecule has 0 bridgehead atoms. The Hall–Kier alpha value is -3.29. The second-order valence-electron chi connectivity index (χ2n) is 6.46. The molecule has 3 aromatic heterocycles. The van der Waals surface area contributed by atoms with Crippen molar-refractivity contribution in [1.82, 2.24) is 34.5 Å². The Labute approximate surface area is 150 Å². The van der Waals surface area contributed by atoms with Gasteiger partial charge in [-0.3, -0.25) is 0 Å². The van der Waals surface area contributed by atoms with Crippen molar-refractivity contribution in [3.63, 3.8) is 0 Å². The largest absolute Gasteiger partial charge is 0.347 e. The average molecular weight is 346 g/mol. The molecule has 0 amide bonds. The Kier molecular flexibility index (Phi) is 3.24. The van der Waals surface area contributed by atoms with Crippen LogP contribution < -0.4 is 4.90 Å². The van der Waals surface area contributed by atoms with Crippen LogP contribution in [0.5, 0.6) is 0 Å². The Morgan fingerprint density at radius 2 is 1.81 bits per heavy atom. The first-order valence-electron chi connectivity index (χ1n) is 8.62. The number of fused-ring (bicyclic) bond motifs is 2. The van der Waals surface area contributed by atoms with Crippen LogP contribution >= 0.6 is 0 Å². The quantitative estimate of drug-likeness (QED) is 0.553. The molecule has 0 fully saturated rings. The van der Waals surface area contributed by atoms with E-state index in [4.69, 9.17) is 4.98 Å². The fourth-order valence-corrected chi connectivity index (χ4v) is 3.48. The number of nitrogens with zero attached hydrogens (tertiary/aromatic N) is 8. The molecule has 1 aromatic carbocycles. The Bertz CT molecular complexity index is 1100. The molecule has 0 spiro atoms. The predicted molar refractivity (Wildman–Crippen MR) is 97.2 cm³/mol. The lowest BCUT2D eigenvalue weighted by Gasteiger charge is -2.29. The summed E-state index contributed by atoms with van der Waals surface area (Å²) in [5, 5.41) is 14.0. The lowest BCUT2D eigenvalue weighted by atomic mass is 10.3. The van der Waals surface area contributed by atoms with Gasteiger partial charge in [0, 0.05) is 13.1 Å². The summed E-state index contributed by atoms with van der Waals surface area (Å²) in [6.45, 7) is 6.30. The van der Waals surface area contributed by atoms with Gasteiger partial charge in [-0.1, -0.05) is 18.2 Å². The Morgan fingerprint density at radius 3 is 2.65 bits per heavy atom. The molecule has 0 saturated carbocycles. The SMILES string of the molecule is Cc1nc(N2CCn3c(C)nnc3C2)c2cnn(-c3ccccc3)c2n1. The molecule has 0 aliphatic carbocycles. The van der Waals surface area contributed by atoms with Gasteiger partial charge in [0.2, 0.25) is 0 Å². The first-order chi connectivity index (χ1) is 12.7. The van der Waals surface area contributed by atoms with Gasteiger partial charge in [0.1, 0.15) is 17.5 Å². The van der Waals surface area contributed by atoms with Crippen molar-refractivity contribution in [2.45, 2.75) is 26.9 Å². The maximum Gasteiger partial charge on any atom is 0.168 e. The summed E-state index contributed by atoms with van der Waals surface area (Å²) in [7, 11) is 0. The summed E-state index contributed by atoms with van der Waals surface area (Å²) < 4.78 is 4.03. The molecule has 0 unspecified atom stereocenters. The molecule has 0 atom stereocenters. The van der Waals surface area contributed by atoms with Gasteiger partial charge in [0.25, 0.3) is 0 Å². The molecule has 0 saturated heterocycles. The van der Waals surface area contributed by atoms with E-state index in [1.54, 1.807) is 0 Å². The fraction of sp³-hybridized carbons (Fsp3) is 0.278. The van der Waals surface area contributed by atoms with Gasteiger partial charge in [0.05, 0.1) is 23.8 Å². The summed E-state index contributed by atoms with van der Waals surface area (Å²) in [6, 6.07) is 10.0. The molecule has 4 heterocycles. The number of anilines is 1. The van der Waals surface area contributed by atoms with Gasteiger partial charge < -0.3 is 9.47 Å². The van der Waals surface area contributed by atoms with Crippen LogP contribution in [0.3, 0.4) is 0 Å². The van der Waals surface area contributed by atoms with E-state index >= 15 is 0 Å². The lowest BCUT2D eigenvalue weighted by molar-refractivity contribution is 0.548. The first kappa shape index (κ1) is 15.0. The number of aryl methyl sites for hydroxylation is 2. The second-order valence-corrected chi connectivity index (χ2v) is 6.46. The zero-order valence-corrected chi connectivity index (χ0v) is 14.7. The molecule has 5 rings (SSSR count). The van der Waals surface area contributed by atoms with E-state index in [0.717, 1.165) is 53.1 Å². The van der Waals surface area contributed by atoms with E-state index in [0.29, 0.717) is 6.54 Å². The first-order valence-corrected chi connectivity index (χ1v) is 8.62. The Morgan fingerprint density at radius 1 is 0.962 bits per heavy atom. The normalized spacial score (nSPS) is 14.0. The molecule has 1 aliphatic rings. The summed E-state index contributed by atoms with van der Waals surface area (Å²) in [5.41, 5.74) is 1.81. The van der Waals surface area contributed by atoms with E-state index in [2.05, 4.69) is 29.7 Å². The van der Waals surface area contributed by atoms with E-state index in [1.807, 2.05) is 55.1 Å². The summed E-state index contributed by atoms with van der Waals surface area (Å²) >= 11 is 0. The van der Waals surface area contributed by atoms with Crippen molar-refractivity contribution in [2.24, 2.45) is 0 Å². The van der Waals surface area contributed by atoms with Crippen LogP contribution in [0.25, 0.3) is 16.7 Å². The smallest absolute Gasteiger partial charge is 0.168 e. The summed E-state index contributed by atoms with van der Waals surface area (Å²) in [5.74, 6) is 3.56. The van der Waals surface area contributed by atoms with Gasteiger partial charge in [-0.2, -0.15) is 5.10 Å². The fourth-order valence-electron chi connectivity index (χ4n) is 3.48. The number of para-hydroxylation sites is 1. The molecular formula is C18H18N8. The number of hydrogen-bond acceptors (Lipinski definition) is 6. The van der Waals surface area contributed by atoms with Gasteiger partial charge in [-0.05, 0) is 26.0 Å². The van der Waals surface area contributed by atoms with Crippen LogP contribution in [0, 0.1) is 13.8 Å². The van der Waals surface area contributed by atoms with Crippen LogP contribution in [0.15, 0.2) is 36.5 Å². The lowest BCUT2D eigenvalue weighted by Crippen LogP contribution is -2.35. The van der Waals surface area contributed by atoms with Crippen LogP contribution in [-0.4, -0.2) is 41.1 Å². The van der Waals surface area contributed by atoms with Crippen molar-refractivity contribution in [3.8, 4) is 5.69 Å². The van der Waals surface area contributed by atoms with Crippen LogP contribution in [0.4, 0.5) is 5.82 Å². The molecule has 4 aromatic rings. The molecule has 0 radical (unpaired) electrons. The van der Waals surface area contributed by atoms with Gasteiger partial charge in [-0.15, -0.1) is 10.2 Å². The Balaban J connectivity index is 1.62. The predicted octanol–water partition coefficient (Wildman–Crippen LogP) is 2.04. The maximum absolute atomic E-state index is 4.72. The molecule has 8 nitrogen and oxygen atoms in total. The standard InChI is InChI=1S/C18H18N8/c1-12-20-17(24-8-9-25-13(2)22-23-16(25)11-24)15-10-19-26(18(15)21-12)14-6-4-3-5-7-14/h3-7,10H,8-9,11H2,1-2H3. The van der Waals surface area contributed by atoms with E-state index in [1.165, 1.54) is 0 Å². The van der Waals surface area contributed by atoms with E-state index in [9.17, 15) is 0 Å². The molecule has 8 heteroatoms. The second kappa shape index (κ2) is 5.62. The minimum atomic E-state index is 0.683. The van der Waals surface area contributed by atoms with Gasteiger partial charge >= 0.3 is 0 Å². The highest BCUT2D eigenvalue weighted by Crippen LogP contribution is 2.28. The molecular weight excluding hydrogens is 328 g/mol. The minimum absolute atomic E-state index is 0.683. The van der Waals surface area contributed by atoms with Crippen molar-refractivity contribution in [3.05, 3.63) is 54.0 Å². The highest BCUT2D eigenvalue weighted by atomic mass is 15.4. The van der Waals surface area contributed by atoms with Gasteiger partial charge in [-0.25, -0.2) is 14.6 Å². The number of benzene rings is 1. The van der Waals surface area contributed by atoms with Crippen molar-refractivity contribution >= 4 is 16.9 Å². The van der Waals surface area contributed by atoms with Crippen molar-refractivity contribution in [1.29, 1.82) is 0 Å². The highest BCUT2D eigenvalue weighted by Gasteiger charge is 2.24.